The van der Waals surface area contributed by atoms with Gasteiger partial charge in [0.15, 0.2) is 0 Å². The highest BCUT2D eigenvalue weighted by Crippen LogP contribution is 2.33. The van der Waals surface area contributed by atoms with Crippen LogP contribution in [0.5, 0.6) is 0 Å². The van der Waals surface area contributed by atoms with Crippen LogP contribution in [0.15, 0.2) is 33.2 Å². The zero-order chi connectivity index (χ0) is 22.2. The Bertz CT molecular complexity index is 705. The van der Waals surface area contributed by atoms with Gasteiger partial charge in [-0.25, -0.2) is 0 Å². The minimum Gasteiger partial charge on any atom is -0.398 e. The standard InChI is InChI=1S/C12H18ClN.C6H4Br2ClN.C4H10/c1-7(2)10-5-9(13)6-11(8(3)4)12(10)14;7-4-1-3(9)2-5(8)6(4)10;1-4(2)3/h5-8H,14H2,1-4H3;1-2H,10H2;4H,1-3H3. The molecule has 0 saturated carbocycles. The lowest BCUT2D eigenvalue weighted by Gasteiger charge is -2.16. The molecule has 0 unspecified atom stereocenters. The number of rotatable bonds is 2. The van der Waals surface area contributed by atoms with Gasteiger partial charge in [0.1, 0.15) is 0 Å². The summed E-state index contributed by atoms with van der Waals surface area (Å²) in [6, 6.07) is 7.43. The Hall–Kier alpha value is -0.420. The highest BCUT2D eigenvalue weighted by Gasteiger charge is 2.12. The van der Waals surface area contributed by atoms with Crippen LogP contribution in [0.25, 0.3) is 0 Å². The summed E-state index contributed by atoms with van der Waals surface area (Å²) in [4.78, 5) is 0. The van der Waals surface area contributed by atoms with Gasteiger partial charge in [-0.05, 0) is 85.0 Å². The lowest BCUT2D eigenvalue weighted by Crippen LogP contribution is -2.02. The van der Waals surface area contributed by atoms with E-state index in [2.05, 4.69) is 80.3 Å². The topological polar surface area (TPSA) is 52.0 Å². The van der Waals surface area contributed by atoms with E-state index in [0.29, 0.717) is 22.5 Å². The van der Waals surface area contributed by atoms with Crippen LogP contribution in [-0.4, -0.2) is 0 Å². The second kappa shape index (κ2) is 13.0. The smallest absolute Gasteiger partial charge is 0.0603 e. The Morgan fingerprint density at radius 3 is 1.21 bits per heavy atom. The molecule has 28 heavy (non-hydrogen) atoms. The van der Waals surface area contributed by atoms with Gasteiger partial charge in [-0.3, -0.25) is 0 Å². The van der Waals surface area contributed by atoms with Gasteiger partial charge < -0.3 is 11.5 Å². The van der Waals surface area contributed by atoms with Crippen molar-refractivity contribution in [3.8, 4) is 0 Å². The van der Waals surface area contributed by atoms with Crippen molar-refractivity contribution >= 4 is 66.4 Å². The lowest BCUT2D eigenvalue weighted by atomic mass is 9.93. The van der Waals surface area contributed by atoms with Crippen molar-refractivity contribution < 1.29 is 0 Å². The van der Waals surface area contributed by atoms with E-state index in [1.54, 1.807) is 12.1 Å². The SMILES string of the molecule is CC(C)C.CC(C)c1cc(Cl)cc(C(C)C)c1N.Nc1c(Br)cc(Cl)cc1Br. The zero-order valence-corrected chi connectivity index (χ0v) is 22.4. The average molecular weight is 555 g/mol. The Morgan fingerprint density at radius 2 is 0.929 bits per heavy atom. The van der Waals surface area contributed by atoms with E-state index < -0.39 is 0 Å². The number of hydrogen-bond acceptors (Lipinski definition) is 2. The third-order valence-corrected chi connectivity index (χ3v) is 5.25. The van der Waals surface area contributed by atoms with Crippen LogP contribution < -0.4 is 11.5 Å². The number of anilines is 2. The first kappa shape index (κ1) is 27.6. The highest BCUT2D eigenvalue weighted by atomic mass is 79.9. The molecule has 2 rings (SSSR count). The summed E-state index contributed by atoms with van der Waals surface area (Å²) < 4.78 is 1.62. The van der Waals surface area contributed by atoms with E-state index in [1.807, 2.05) is 12.1 Å². The third-order valence-electron chi connectivity index (χ3n) is 3.50. The summed E-state index contributed by atoms with van der Waals surface area (Å²) >= 11 is 18.3. The van der Waals surface area contributed by atoms with Crippen LogP contribution in [0.2, 0.25) is 10.0 Å². The van der Waals surface area contributed by atoms with Gasteiger partial charge in [0.05, 0.1) is 5.69 Å². The maximum atomic E-state index is 6.10. The van der Waals surface area contributed by atoms with Crippen LogP contribution in [0.3, 0.4) is 0 Å². The molecule has 2 nitrogen and oxygen atoms in total. The predicted octanol–water partition coefficient (Wildman–Crippen LogP) is 9.28. The Labute approximate surface area is 197 Å². The fourth-order valence-electron chi connectivity index (χ4n) is 2.17. The molecule has 0 aliphatic heterocycles. The fourth-order valence-corrected chi connectivity index (χ4v) is 4.07. The third kappa shape index (κ3) is 9.87. The van der Waals surface area contributed by atoms with E-state index in [1.165, 1.54) is 0 Å². The van der Waals surface area contributed by atoms with E-state index in [0.717, 1.165) is 36.7 Å². The Morgan fingerprint density at radius 1 is 0.643 bits per heavy atom. The minimum absolute atomic E-state index is 0.422. The maximum Gasteiger partial charge on any atom is 0.0603 e. The first-order chi connectivity index (χ1) is 12.8. The molecular weight excluding hydrogens is 523 g/mol. The predicted molar refractivity (Wildman–Crippen MR) is 136 cm³/mol. The number of nitrogens with two attached hydrogens (primary N) is 2. The van der Waals surface area contributed by atoms with E-state index in [-0.39, 0.29) is 0 Å². The first-order valence-electron chi connectivity index (χ1n) is 9.26. The molecule has 4 N–H and O–H groups in total. The van der Waals surface area contributed by atoms with E-state index in [4.69, 9.17) is 34.7 Å². The molecule has 0 bridgehead atoms. The summed E-state index contributed by atoms with van der Waals surface area (Å²) in [5.74, 6) is 1.68. The van der Waals surface area contributed by atoms with Crippen molar-refractivity contribution in [1.82, 2.24) is 0 Å². The van der Waals surface area contributed by atoms with Crippen LogP contribution in [-0.2, 0) is 0 Å². The van der Waals surface area contributed by atoms with Crippen LogP contribution in [0.1, 0.15) is 71.4 Å². The summed E-state index contributed by atoms with van der Waals surface area (Å²) in [5, 5.41) is 1.44. The van der Waals surface area contributed by atoms with Crippen molar-refractivity contribution in [2.75, 3.05) is 11.5 Å². The summed E-state index contributed by atoms with van der Waals surface area (Å²) in [6.45, 7) is 15.0. The van der Waals surface area contributed by atoms with E-state index in [9.17, 15) is 0 Å². The van der Waals surface area contributed by atoms with Gasteiger partial charge in [-0.2, -0.15) is 0 Å². The average Bonchev–Trinajstić information content (AvgIpc) is 2.54. The number of nitrogen functional groups attached to an aromatic ring is 2. The molecule has 0 aromatic heterocycles. The molecule has 2 aromatic carbocycles. The molecule has 6 heteroatoms. The number of halogens is 4. The monoisotopic (exact) mass is 552 g/mol. The van der Waals surface area contributed by atoms with Crippen molar-refractivity contribution in [2.24, 2.45) is 5.92 Å². The van der Waals surface area contributed by atoms with Crippen molar-refractivity contribution in [3.05, 3.63) is 54.4 Å². The maximum absolute atomic E-state index is 6.10. The van der Waals surface area contributed by atoms with Crippen LogP contribution in [0.4, 0.5) is 11.4 Å². The second-order valence-electron chi connectivity index (χ2n) is 7.82. The molecular formula is C22H32Br2Cl2N2. The first-order valence-corrected chi connectivity index (χ1v) is 11.6. The largest absolute Gasteiger partial charge is 0.398 e. The molecule has 158 valence electrons. The van der Waals surface area contributed by atoms with Gasteiger partial charge in [-0.15, -0.1) is 0 Å². The van der Waals surface area contributed by atoms with Crippen molar-refractivity contribution in [3.63, 3.8) is 0 Å². The fraction of sp³-hybridized carbons (Fsp3) is 0.455. The molecule has 0 aliphatic rings. The van der Waals surface area contributed by atoms with Crippen LogP contribution in [0, 0.1) is 5.92 Å². The summed E-state index contributed by atoms with van der Waals surface area (Å²) in [6.07, 6.45) is 0. The van der Waals surface area contributed by atoms with Gasteiger partial charge in [0.2, 0.25) is 0 Å². The normalized spacial score (nSPS) is 10.5. The van der Waals surface area contributed by atoms with Crippen molar-refractivity contribution in [1.29, 1.82) is 0 Å². The van der Waals surface area contributed by atoms with E-state index >= 15 is 0 Å². The molecule has 0 radical (unpaired) electrons. The second-order valence-corrected chi connectivity index (χ2v) is 10.4. The van der Waals surface area contributed by atoms with Crippen molar-refractivity contribution in [2.45, 2.75) is 60.3 Å². The number of hydrogen-bond donors (Lipinski definition) is 2. The summed E-state index contributed by atoms with van der Waals surface area (Å²) in [7, 11) is 0. The minimum atomic E-state index is 0.422. The molecule has 0 fully saturated rings. The van der Waals surface area contributed by atoms with Gasteiger partial charge in [-0.1, -0.05) is 71.7 Å². The molecule has 0 saturated heterocycles. The van der Waals surface area contributed by atoms with Gasteiger partial charge in [0, 0.05) is 24.7 Å². The molecule has 2 aromatic rings. The van der Waals surface area contributed by atoms with Gasteiger partial charge in [0.25, 0.3) is 0 Å². The number of benzene rings is 2. The molecule has 0 aliphatic carbocycles. The lowest BCUT2D eigenvalue weighted by molar-refractivity contribution is 0.737. The van der Waals surface area contributed by atoms with Gasteiger partial charge >= 0.3 is 0 Å². The zero-order valence-electron chi connectivity index (χ0n) is 17.7. The molecule has 0 heterocycles. The highest BCUT2D eigenvalue weighted by molar-refractivity contribution is 9.11. The quantitative estimate of drug-likeness (QED) is 0.363. The molecule has 0 spiro atoms. The Balaban J connectivity index is 0.000000454. The molecule has 0 atom stereocenters. The Kier molecular flexibility index (Phi) is 12.8. The van der Waals surface area contributed by atoms with Crippen LogP contribution >= 0.6 is 55.1 Å². The molecule has 0 amide bonds. The summed E-state index contributed by atoms with van der Waals surface area (Å²) in [5.41, 5.74) is 15.6.